The normalized spacial score (nSPS) is 11.1. The van der Waals surface area contributed by atoms with Crippen molar-refractivity contribution in [1.29, 1.82) is 5.26 Å². The van der Waals surface area contributed by atoms with Crippen LogP contribution in [0.25, 0.3) is 0 Å². The van der Waals surface area contributed by atoms with Crippen molar-refractivity contribution >= 4 is 17.4 Å². The van der Waals surface area contributed by atoms with Gasteiger partial charge in [-0.2, -0.15) is 18.4 Å². The molecule has 0 atom stereocenters. The number of nitrogens with zero attached hydrogens (tertiary/aromatic N) is 2. The summed E-state index contributed by atoms with van der Waals surface area (Å²) in [5, 5.41) is 9.23. The molecular weight excluding hydrogens is 287 g/mol. The lowest BCUT2D eigenvalue weighted by atomic mass is 10.2. The lowest BCUT2D eigenvalue weighted by Gasteiger charge is -2.08. The second-order valence-corrected chi connectivity index (χ2v) is 4.88. The predicted octanol–water partition coefficient (Wildman–Crippen LogP) is 3.71. The standard InChI is InChI=1S/C13H8F3N3S/c14-13(15,16)9-4-5-11(19-7-9)20-10-3-1-2-8(6-17)12(10)18/h1-5,7H,18H2. The molecule has 2 aromatic rings. The SMILES string of the molecule is N#Cc1cccc(Sc2ccc(C(F)(F)F)cn2)c1N. The highest BCUT2D eigenvalue weighted by atomic mass is 32.2. The van der Waals surface area contributed by atoms with Gasteiger partial charge in [0.2, 0.25) is 0 Å². The summed E-state index contributed by atoms with van der Waals surface area (Å²) in [4.78, 5) is 4.32. The Morgan fingerprint density at radius 3 is 2.50 bits per heavy atom. The van der Waals surface area contributed by atoms with Crippen LogP contribution in [0.3, 0.4) is 0 Å². The zero-order valence-corrected chi connectivity index (χ0v) is 10.8. The van der Waals surface area contributed by atoms with Crippen molar-refractivity contribution < 1.29 is 13.2 Å². The minimum absolute atomic E-state index is 0.293. The molecule has 20 heavy (non-hydrogen) atoms. The summed E-state index contributed by atoms with van der Waals surface area (Å²) < 4.78 is 37.2. The maximum absolute atomic E-state index is 12.4. The summed E-state index contributed by atoms with van der Waals surface area (Å²) in [5.74, 6) is 0. The van der Waals surface area contributed by atoms with E-state index in [2.05, 4.69) is 4.98 Å². The monoisotopic (exact) mass is 295 g/mol. The van der Waals surface area contributed by atoms with Crippen LogP contribution in [-0.2, 0) is 6.18 Å². The highest BCUT2D eigenvalue weighted by Crippen LogP contribution is 2.34. The average Bonchev–Trinajstić information content (AvgIpc) is 2.41. The van der Waals surface area contributed by atoms with Crippen molar-refractivity contribution in [2.24, 2.45) is 0 Å². The number of nitrogen functional groups attached to an aromatic ring is 1. The third-order valence-electron chi connectivity index (χ3n) is 2.46. The Morgan fingerprint density at radius 1 is 1.20 bits per heavy atom. The van der Waals surface area contributed by atoms with Crippen LogP contribution in [0.1, 0.15) is 11.1 Å². The molecule has 102 valence electrons. The zero-order valence-electron chi connectivity index (χ0n) is 9.98. The summed E-state index contributed by atoms with van der Waals surface area (Å²) in [6.45, 7) is 0. The molecule has 0 fully saturated rings. The van der Waals surface area contributed by atoms with E-state index < -0.39 is 11.7 Å². The molecule has 3 nitrogen and oxygen atoms in total. The van der Waals surface area contributed by atoms with Gasteiger partial charge in [0.15, 0.2) is 0 Å². The molecular formula is C13H8F3N3S. The summed E-state index contributed by atoms with van der Waals surface area (Å²) in [5.41, 5.74) is 5.60. The minimum Gasteiger partial charge on any atom is -0.397 e. The topological polar surface area (TPSA) is 62.7 Å². The zero-order chi connectivity index (χ0) is 14.8. The lowest BCUT2D eigenvalue weighted by Crippen LogP contribution is -2.05. The quantitative estimate of drug-likeness (QED) is 0.858. The van der Waals surface area contributed by atoms with E-state index in [1.807, 2.05) is 6.07 Å². The number of halogens is 3. The number of aromatic nitrogens is 1. The smallest absolute Gasteiger partial charge is 0.397 e. The third kappa shape index (κ3) is 3.03. The van der Waals surface area contributed by atoms with Crippen LogP contribution in [-0.4, -0.2) is 4.98 Å². The Balaban J connectivity index is 2.26. The van der Waals surface area contributed by atoms with Crippen molar-refractivity contribution in [3.05, 3.63) is 47.7 Å². The number of nitriles is 1. The van der Waals surface area contributed by atoms with Gasteiger partial charge in [-0.05, 0) is 24.3 Å². The molecule has 2 N–H and O–H groups in total. The van der Waals surface area contributed by atoms with E-state index in [-0.39, 0.29) is 0 Å². The fraction of sp³-hybridized carbons (Fsp3) is 0.0769. The van der Waals surface area contributed by atoms with Crippen LogP contribution >= 0.6 is 11.8 Å². The van der Waals surface area contributed by atoms with Gasteiger partial charge < -0.3 is 5.73 Å². The molecule has 0 aliphatic heterocycles. The summed E-state index contributed by atoms with van der Waals surface area (Å²) in [6, 6.07) is 9.07. The Labute approximate surface area is 117 Å². The molecule has 0 aliphatic rings. The summed E-state index contributed by atoms with van der Waals surface area (Å²) >= 11 is 1.11. The Morgan fingerprint density at radius 2 is 1.95 bits per heavy atom. The Hall–Kier alpha value is -2.20. The Bertz CT molecular complexity index is 660. The van der Waals surface area contributed by atoms with Crippen molar-refractivity contribution in [1.82, 2.24) is 4.98 Å². The van der Waals surface area contributed by atoms with Crippen LogP contribution in [0, 0.1) is 11.3 Å². The first kappa shape index (κ1) is 14.2. The Kier molecular flexibility index (Phi) is 3.86. The number of benzene rings is 1. The van der Waals surface area contributed by atoms with Gasteiger partial charge >= 0.3 is 6.18 Å². The summed E-state index contributed by atoms with van der Waals surface area (Å²) in [6.07, 6.45) is -3.64. The molecule has 0 saturated carbocycles. The van der Waals surface area contributed by atoms with Gasteiger partial charge in [-0.1, -0.05) is 17.8 Å². The number of para-hydroxylation sites is 1. The summed E-state index contributed by atoms with van der Waals surface area (Å²) in [7, 11) is 0. The molecule has 1 aromatic heterocycles. The molecule has 0 unspecified atom stereocenters. The van der Waals surface area contributed by atoms with Gasteiger partial charge in [0.1, 0.15) is 11.1 Å². The molecule has 7 heteroatoms. The number of hydrogen-bond acceptors (Lipinski definition) is 4. The van der Waals surface area contributed by atoms with Crippen LogP contribution in [0.4, 0.5) is 18.9 Å². The van der Waals surface area contributed by atoms with E-state index in [1.165, 1.54) is 6.07 Å². The first-order valence-electron chi connectivity index (χ1n) is 5.41. The second kappa shape index (κ2) is 5.43. The number of nitrogens with two attached hydrogens (primary N) is 1. The van der Waals surface area contributed by atoms with E-state index in [9.17, 15) is 13.2 Å². The molecule has 0 radical (unpaired) electrons. The van der Waals surface area contributed by atoms with E-state index in [0.717, 1.165) is 24.0 Å². The van der Waals surface area contributed by atoms with Crippen molar-refractivity contribution in [3.63, 3.8) is 0 Å². The van der Waals surface area contributed by atoms with Crippen LogP contribution < -0.4 is 5.73 Å². The van der Waals surface area contributed by atoms with Gasteiger partial charge in [-0.15, -0.1) is 0 Å². The van der Waals surface area contributed by atoms with E-state index in [4.69, 9.17) is 11.0 Å². The van der Waals surface area contributed by atoms with Gasteiger partial charge in [-0.3, -0.25) is 0 Å². The number of anilines is 1. The number of alkyl halides is 3. The van der Waals surface area contributed by atoms with E-state index >= 15 is 0 Å². The molecule has 0 amide bonds. The maximum Gasteiger partial charge on any atom is 0.417 e. The largest absolute Gasteiger partial charge is 0.417 e. The maximum atomic E-state index is 12.4. The molecule has 0 aliphatic carbocycles. The number of pyridine rings is 1. The van der Waals surface area contributed by atoms with Crippen molar-refractivity contribution in [2.75, 3.05) is 5.73 Å². The highest BCUT2D eigenvalue weighted by Gasteiger charge is 2.30. The minimum atomic E-state index is -4.41. The molecule has 1 heterocycles. The second-order valence-electron chi connectivity index (χ2n) is 3.81. The van der Waals surface area contributed by atoms with Gasteiger partial charge in [0.05, 0.1) is 16.8 Å². The first-order chi connectivity index (χ1) is 9.41. The first-order valence-corrected chi connectivity index (χ1v) is 6.23. The van der Waals surface area contributed by atoms with E-state index in [1.54, 1.807) is 18.2 Å². The molecule has 2 rings (SSSR count). The fourth-order valence-corrected chi connectivity index (χ4v) is 2.28. The van der Waals surface area contributed by atoms with Crippen LogP contribution in [0.15, 0.2) is 46.5 Å². The third-order valence-corrected chi connectivity index (χ3v) is 3.49. The lowest BCUT2D eigenvalue weighted by molar-refractivity contribution is -0.137. The van der Waals surface area contributed by atoms with Crippen molar-refractivity contribution in [3.8, 4) is 6.07 Å². The fourth-order valence-electron chi connectivity index (χ4n) is 1.45. The predicted molar refractivity (Wildman–Crippen MR) is 68.9 cm³/mol. The van der Waals surface area contributed by atoms with Crippen LogP contribution in [0.2, 0.25) is 0 Å². The molecule has 1 aromatic carbocycles. The highest BCUT2D eigenvalue weighted by molar-refractivity contribution is 7.99. The average molecular weight is 295 g/mol. The van der Waals surface area contributed by atoms with Gasteiger partial charge in [-0.25, -0.2) is 4.98 Å². The van der Waals surface area contributed by atoms with Crippen LogP contribution in [0.5, 0.6) is 0 Å². The number of rotatable bonds is 2. The molecule has 0 spiro atoms. The van der Waals surface area contributed by atoms with Gasteiger partial charge in [0.25, 0.3) is 0 Å². The van der Waals surface area contributed by atoms with Crippen molar-refractivity contribution in [2.45, 2.75) is 16.1 Å². The number of hydrogen-bond donors (Lipinski definition) is 1. The van der Waals surface area contributed by atoms with Gasteiger partial charge in [0, 0.05) is 11.1 Å². The van der Waals surface area contributed by atoms with E-state index in [0.29, 0.717) is 21.2 Å². The molecule has 0 bridgehead atoms. The molecule has 0 saturated heterocycles.